The molecule has 0 amide bonds. The highest BCUT2D eigenvalue weighted by Gasteiger charge is 2.10. The molecule has 1 heterocycles. The van der Waals surface area contributed by atoms with Crippen LogP contribution in [0, 0.1) is 5.82 Å². The second-order valence-corrected chi connectivity index (χ2v) is 4.62. The van der Waals surface area contributed by atoms with Crippen LogP contribution in [0.25, 0.3) is 22.2 Å². The first-order chi connectivity index (χ1) is 10.2. The fraction of sp³-hybridized carbons (Fsp3) is 0.167. The van der Waals surface area contributed by atoms with E-state index in [0.29, 0.717) is 0 Å². The Morgan fingerprint density at radius 2 is 1.76 bits per heavy atom. The fourth-order valence-corrected chi connectivity index (χ4v) is 2.43. The first kappa shape index (κ1) is 15.0. The predicted octanol–water partition coefficient (Wildman–Crippen LogP) is 4.99. The van der Waals surface area contributed by atoms with Crippen LogP contribution in [0.2, 0.25) is 0 Å². The first-order valence-corrected chi connectivity index (χ1v) is 6.96. The molecule has 2 aromatic carbocycles. The minimum Gasteiger partial charge on any atom is -0.354 e. The highest BCUT2D eigenvalue weighted by molar-refractivity contribution is 5.90. The third kappa shape index (κ3) is 3.19. The molecular weight excluding hydrogens is 265 g/mol. The van der Waals surface area contributed by atoms with Gasteiger partial charge in [0.1, 0.15) is 12.1 Å². The van der Waals surface area contributed by atoms with Gasteiger partial charge in [-0.25, -0.2) is 4.39 Å². The standard InChI is InChI=1S/C16H14FN.C2H4O.H2/c1-2-13-14-5-3-4-6-15(14)18-16(13)11-7-9-12(17)10-8-11;1-2-3;/h3-10,18H,2H2,1H3;2H,1H3;1H. The summed E-state index contributed by atoms with van der Waals surface area (Å²) in [6.07, 6.45) is 1.71. The fourth-order valence-electron chi connectivity index (χ4n) is 2.43. The zero-order valence-electron chi connectivity index (χ0n) is 12.2. The van der Waals surface area contributed by atoms with Crippen molar-refractivity contribution < 1.29 is 10.6 Å². The predicted molar refractivity (Wildman–Crippen MR) is 86.9 cm³/mol. The lowest BCUT2D eigenvalue weighted by molar-refractivity contribution is -0.106. The van der Waals surface area contributed by atoms with E-state index < -0.39 is 0 Å². The second-order valence-electron chi connectivity index (χ2n) is 4.62. The van der Waals surface area contributed by atoms with Crippen molar-refractivity contribution in [2.24, 2.45) is 0 Å². The number of para-hydroxylation sites is 1. The van der Waals surface area contributed by atoms with Gasteiger partial charge in [0.05, 0.1) is 0 Å². The Balaban J connectivity index is 0.000000562. The second kappa shape index (κ2) is 6.84. The van der Waals surface area contributed by atoms with Crippen LogP contribution in [0.3, 0.4) is 0 Å². The van der Waals surface area contributed by atoms with Crippen LogP contribution in [-0.2, 0) is 11.2 Å². The number of aldehydes is 1. The number of hydrogen-bond donors (Lipinski definition) is 1. The molecule has 0 fully saturated rings. The molecule has 0 saturated carbocycles. The van der Waals surface area contributed by atoms with Gasteiger partial charge in [-0.15, -0.1) is 0 Å². The van der Waals surface area contributed by atoms with E-state index in [2.05, 4.69) is 24.0 Å². The van der Waals surface area contributed by atoms with Gasteiger partial charge >= 0.3 is 0 Å². The molecule has 2 nitrogen and oxygen atoms in total. The van der Waals surface area contributed by atoms with Crippen LogP contribution in [0.5, 0.6) is 0 Å². The molecule has 0 saturated heterocycles. The smallest absolute Gasteiger partial charge is 0.123 e. The Bertz CT molecular complexity index is 734. The summed E-state index contributed by atoms with van der Waals surface area (Å²) in [5.74, 6) is -0.201. The number of carbonyl (C=O) groups is 1. The zero-order chi connectivity index (χ0) is 15.2. The SMILES string of the molecule is CC=O.CCc1c(-c2ccc(F)cc2)[nH]c2ccccc12.[HH]. The van der Waals surface area contributed by atoms with Gasteiger partial charge in [0.2, 0.25) is 0 Å². The van der Waals surface area contributed by atoms with E-state index in [1.807, 2.05) is 24.3 Å². The minimum atomic E-state index is -0.201. The lowest BCUT2D eigenvalue weighted by atomic mass is 10.0. The maximum absolute atomic E-state index is 13.0. The van der Waals surface area contributed by atoms with E-state index >= 15 is 0 Å². The molecule has 0 radical (unpaired) electrons. The minimum absolute atomic E-state index is 0. The Morgan fingerprint density at radius 1 is 1.14 bits per heavy atom. The van der Waals surface area contributed by atoms with E-state index in [-0.39, 0.29) is 7.24 Å². The van der Waals surface area contributed by atoms with Crippen LogP contribution in [0.15, 0.2) is 48.5 Å². The van der Waals surface area contributed by atoms with Gasteiger partial charge in [-0.2, -0.15) is 0 Å². The largest absolute Gasteiger partial charge is 0.354 e. The Morgan fingerprint density at radius 3 is 2.38 bits per heavy atom. The number of nitrogens with one attached hydrogen (secondary N) is 1. The van der Waals surface area contributed by atoms with Crippen molar-refractivity contribution in [2.45, 2.75) is 20.3 Å². The first-order valence-electron chi connectivity index (χ1n) is 6.96. The van der Waals surface area contributed by atoms with E-state index in [0.717, 1.165) is 29.5 Å². The summed E-state index contributed by atoms with van der Waals surface area (Å²) in [5, 5.41) is 1.25. The van der Waals surface area contributed by atoms with E-state index in [9.17, 15) is 4.39 Å². The maximum atomic E-state index is 13.0. The highest BCUT2D eigenvalue weighted by Crippen LogP contribution is 2.30. The number of aromatic nitrogens is 1. The molecule has 21 heavy (non-hydrogen) atoms. The van der Waals surface area contributed by atoms with Gasteiger partial charge in [-0.3, -0.25) is 0 Å². The van der Waals surface area contributed by atoms with Crippen molar-refractivity contribution in [2.75, 3.05) is 0 Å². The molecule has 3 heteroatoms. The third-order valence-electron chi connectivity index (χ3n) is 3.30. The van der Waals surface area contributed by atoms with Crippen LogP contribution >= 0.6 is 0 Å². The normalized spacial score (nSPS) is 10.0. The monoisotopic (exact) mass is 285 g/mol. The van der Waals surface area contributed by atoms with Crippen LogP contribution in [-0.4, -0.2) is 11.3 Å². The van der Waals surface area contributed by atoms with Gasteiger partial charge in [-0.1, -0.05) is 25.1 Å². The van der Waals surface area contributed by atoms with Crippen LogP contribution < -0.4 is 0 Å². The molecule has 0 aliphatic carbocycles. The third-order valence-corrected chi connectivity index (χ3v) is 3.30. The molecule has 1 N–H and O–H groups in total. The summed E-state index contributed by atoms with van der Waals surface area (Å²) < 4.78 is 13.0. The molecule has 3 aromatic rings. The number of aryl methyl sites for hydroxylation is 1. The van der Waals surface area contributed by atoms with Crippen molar-refractivity contribution in [1.29, 1.82) is 0 Å². The Labute approximate surface area is 125 Å². The number of H-pyrrole nitrogens is 1. The zero-order valence-corrected chi connectivity index (χ0v) is 12.2. The summed E-state index contributed by atoms with van der Waals surface area (Å²) in [6.45, 7) is 3.59. The molecule has 1 aromatic heterocycles. The summed E-state index contributed by atoms with van der Waals surface area (Å²) in [4.78, 5) is 12.2. The van der Waals surface area contributed by atoms with Crippen molar-refractivity contribution in [3.05, 3.63) is 59.9 Å². The topological polar surface area (TPSA) is 32.9 Å². The quantitative estimate of drug-likeness (QED) is 0.661. The molecule has 0 spiro atoms. The van der Waals surface area contributed by atoms with E-state index in [1.165, 1.54) is 30.0 Å². The number of benzene rings is 2. The van der Waals surface area contributed by atoms with E-state index in [4.69, 9.17) is 4.79 Å². The average Bonchev–Trinajstić information content (AvgIpc) is 2.87. The number of halogens is 1. The summed E-state index contributed by atoms with van der Waals surface area (Å²) in [7, 11) is 0. The van der Waals surface area contributed by atoms with Crippen molar-refractivity contribution in [1.82, 2.24) is 4.98 Å². The number of fused-ring (bicyclic) bond motifs is 1. The van der Waals surface area contributed by atoms with Crippen molar-refractivity contribution in [3.8, 4) is 11.3 Å². The molecule has 0 unspecified atom stereocenters. The summed E-state index contributed by atoms with van der Waals surface area (Å²) in [6, 6.07) is 14.9. The molecule has 0 atom stereocenters. The molecular formula is C18H20FNO. The number of aromatic amines is 1. The van der Waals surface area contributed by atoms with Crippen LogP contribution in [0.4, 0.5) is 4.39 Å². The summed E-state index contributed by atoms with van der Waals surface area (Å²) >= 11 is 0. The number of rotatable bonds is 2. The van der Waals surface area contributed by atoms with Gasteiger partial charge < -0.3 is 9.78 Å². The highest BCUT2D eigenvalue weighted by atomic mass is 19.1. The average molecular weight is 285 g/mol. The molecule has 0 bridgehead atoms. The number of carbonyl (C=O) groups excluding carboxylic acids is 1. The van der Waals surface area contributed by atoms with Crippen LogP contribution in [0.1, 0.15) is 20.8 Å². The maximum Gasteiger partial charge on any atom is 0.123 e. The van der Waals surface area contributed by atoms with Gasteiger partial charge in [0.15, 0.2) is 0 Å². The lowest BCUT2D eigenvalue weighted by Gasteiger charge is -2.02. The van der Waals surface area contributed by atoms with Gasteiger partial charge in [0.25, 0.3) is 0 Å². The van der Waals surface area contributed by atoms with Crippen molar-refractivity contribution >= 4 is 17.2 Å². The van der Waals surface area contributed by atoms with Gasteiger partial charge in [-0.05, 0) is 54.8 Å². The van der Waals surface area contributed by atoms with Crippen molar-refractivity contribution in [3.63, 3.8) is 0 Å². The molecule has 110 valence electrons. The molecule has 0 aliphatic heterocycles. The lowest BCUT2D eigenvalue weighted by Crippen LogP contribution is -1.85. The molecule has 3 rings (SSSR count). The summed E-state index contributed by atoms with van der Waals surface area (Å²) in [5.41, 5.74) is 4.55. The molecule has 0 aliphatic rings. The van der Waals surface area contributed by atoms with E-state index in [1.54, 1.807) is 0 Å². The number of hydrogen-bond acceptors (Lipinski definition) is 1. The van der Waals surface area contributed by atoms with Gasteiger partial charge in [0, 0.05) is 18.0 Å². The Hall–Kier alpha value is -2.42. The Kier molecular flexibility index (Phi) is 4.88.